The van der Waals surface area contributed by atoms with Crippen LogP contribution in [0.15, 0.2) is 47.5 Å². The van der Waals surface area contributed by atoms with Gasteiger partial charge in [0, 0.05) is 5.75 Å². The van der Waals surface area contributed by atoms with E-state index in [0.29, 0.717) is 17.1 Å². The number of alkyl halides is 3. The first-order chi connectivity index (χ1) is 13.4. The standard InChI is InChI=1S/C19H13F3N2O2S2/c20-19(21,22)12-3-1-11(2-4-12)9-26-14-5-6-15-16(7-14)28-18(24-15)17-23-13(8-25)10-27-17/h1-8,13H,9-10H2. The van der Waals surface area contributed by atoms with E-state index in [1.165, 1.54) is 35.2 Å². The van der Waals surface area contributed by atoms with E-state index in [9.17, 15) is 18.0 Å². The molecule has 0 saturated carbocycles. The molecule has 0 spiro atoms. The molecule has 0 amide bonds. The van der Waals surface area contributed by atoms with Crippen molar-refractivity contribution >= 4 is 44.6 Å². The van der Waals surface area contributed by atoms with E-state index in [-0.39, 0.29) is 12.6 Å². The van der Waals surface area contributed by atoms with Gasteiger partial charge in [-0.05, 0) is 35.9 Å². The van der Waals surface area contributed by atoms with Crippen molar-refractivity contribution in [3.63, 3.8) is 0 Å². The molecule has 9 heteroatoms. The molecule has 1 aliphatic heterocycles. The Morgan fingerprint density at radius 2 is 1.96 bits per heavy atom. The summed E-state index contributed by atoms with van der Waals surface area (Å²) in [6.45, 7) is 0.166. The number of hydrogen-bond acceptors (Lipinski definition) is 6. The Morgan fingerprint density at radius 1 is 1.18 bits per heavy atom. The first-order valence-electron chi connectivity index (χ1n) is 8.28. The number of aldehydes is 1. The normalized spacial score (nSPS) is 17.0. The number of ether oxygens (including phenoxy) is 1. The molecule has 4 nitrogen and oxygen atoms in total. The van der Waals surface area contributed by atoms with Gasteiger partial charge in [-0.3, -0.25) is 4.99 Å². The maximum Gasteiger partial charge on any atom is 0.416 e. The molecule has 0 saturated heterocycles. The summed E-state index contributed by atoms with van der Waals surface area (Å²) in [5.41, 5.74) is 0.772. The molecule has 1 unspecified atom stereocenters. The largest absolute Gasteiger partial charge is 0.489 e. The van der Waals surface area contributed by atoms with Crippen molar-refractivity contribution in [1.29, 1.82) is 0 Å². The molecule has 3 aromatic rings. The lowest BCUT2D eigenvalue weighted by atomic mass is 10.1. The Bertz CT molecular complexity index is 1050. The molecule has 0 N–H and O–H groups in total. The summed E-state index contributed by atoms with van der Waals surface area (Å²) in [5.74, 6) is 1.24. The molecule has 2 aromatic carbocycles. The SMILES string of the molecule is O=CC1CSC(c2nc3ccc(OCc4ccc(C(F)(F)F)cc4)cc3s2)=N1. The van der Waals surface area contributed by atoms with Crippen molar-refractivity contribution < 1.29 is 22.7 Å². The second kappa shape index (κ2) is 7.56. The van der Waals surface area contributed by atoms with Gasteiger partial charge in [0.05, 0.1) is 15.8 Å². The Hall–Kier alpha value is -2.39. The Morgan fingerprint density at radius 3 is 2.64 bits per heavy atom. The molecule has 0 bridgehead atoms. The minimum absolute atomic E-state index is 0.166. The van der Waals surface area contributed by atoms with Gasteiger partial charge in [-0.15, -0.1) is 23.1 Å². The molecule has 28 heavy (non-hydrogen) atoms. The molecule has 0 fully saturated rings. The van der Waals surface area contributed by atoms with E-state index in [1.807, 2.05) is 12.1 Å². The zero-order valence-electron chi connectivity index (χ0n) is 14.3. The number of fused-ring (bicyclic) bond motifs is 1. The van der Waals surface area contributed by atoms with Gasteiger partial charge < -0.3 is 9.53 Å². The summed E-state index contributed by atoms with van der Waals surface area (Å²) in [7, 11) is 0. The molecule has 0 radical (unpaired) electrons. The summed E-state index contributed by atoms with van der Waals surface area (Å²) < 4.78 is 44.5. The lowest BCUT2D eigenvalue weighted by Crippen LogP contribution is -2.05. The molecular weight excluding hydrogens is 409 g/mol. The maximum absolute atomic E-state index is 12.6. The highest BCUT2D eigenvalue weighted by atomic mass is 32.2. The molecular formula is C19H13F3N2O2S2. The average molecular weight is 422 g/mol. The fourth-order valence-electron chi connectivity index (χ4n) is 2.62. The van der Waals surface area contributed by atoms with Crippen LogP contribution in [0.4, 0.5) is 13.2 Å². The number of carbonyl (C=O) groups excluding carboxylic acids is 1. The highest BCUT2D eigenvalue weighted by molar-refractivity contribution is 8.15. The van der Waals surface area contributed by atoms with Gasteiger partial charge in [0.15, 0.2) is 0 Å². The van der Waals surface area contributed by atoms with E-state index in [4.69, 9.17) is 4.74 Å². The van der Waals surface area contributed by atoms with Crippen LogP contribution in [0.2, 0.25) is 0 Å². The summed E-state index contributed by atoms with van der Waals surface area (Å²) >= 11 is 2.98. The zero-order valence-corrected chi connectivity index (χ0v) is 15.9. The number of aromatic nitrogens is 1. The van der Waals surface area contributed by atoms with Gasteiger partial charge in [-0.25, -0.2) is 4.98 Å². The van der Waals surface area contributed by atoms with E-state index >= 15 is 0 Å². The molecule has 0 aliphatic carbocycles. The van der Waals surface area contributed by atoms with Crippen LogP contribution in [-0.4, -0.2) is 28.1 Å². The maximum atomic E-state index is 12.6. The molecule has 4 rings (SSSR count). The molecule has 1 atom stereocenters. The third kappa shape index (κ3) is 4.05. The van der Waals surface area contributed by atoms with Gasteiger partial charge in [0.1, 0.15) is 34.7 Å². The summed E-state index contributed by atoms with van der Waals surface area (Å²) in [6, 6.07) is 10.0. The fraction of sp³-hybridized carbons (Fsp3) is 0.211. The quantitative estimate of drug-likeness (QED) is 0.546. The minimum atomic E-state index is -4.35. The molecule has 1 aliphatic rings. The highest BCUT2D eigenvalue weighted by Crippen LogP contribution is 2.32. The van der Waals surface area contributed by atoms with Crippen molar-refractivity contribution in [3.05, 3.63) is 58.6 Å². The fourth-order valence-corrected chi connectivity index (χ4v) is 4.67. The van der Waals surface area contributed by atoms with Gasteiger partial charge >= 0.3 is 6.18 Å². The van der Waals surface area contributed by atoms with Crippen LogP contribution in [0.5, 0.6) is 5.75 Å². The molecule has 2 heterocycles. The van der Waals surface area contributed by atoms with Gasteiger partial charge in [0.2, 0.25) is 0 Å². The van der Waals surface area contributed by atoms with Crippen molar-refractivity contribution in [3.8, 4) is 5.75 Å². The number of benzene rings is 2. The van der Waals surface area contributed by atoms with E-state index < -0.39 is 11.7 Å². The molecule has 1 aromatic heterocycles. The van der Waals surface area contributed by atoms with Crippen LogP contribution in [-0.2, 0) is 17.6 Å². The predicted molar refractivity (Wildman–Crippen MR) is 104 cm³/mol. The number of halogens is 3. The number of hydrogen-bond donors (Lipinski definition) is 0. The Labute approximate surface area is 166 Å². The number of aliphatic imine (C=N–C) groups is 1. The number of rotatable bonds is 5. The average Bonchev–Trinajstić information content (AvgIpc) is 3.32. The summed E-state index contributed by atoms with van der Waals surface area (Å²) in [4.78, 5) is 19.7. The lowest BCUT2D eigenvalue weighted by Gasteiger charge is -2.09. The third-order valence-corrected chi connectivity index (χ3v) is 6.30. The first-order valence-corrected chi connectivity index (χ1v) is 10.1. The lowest BCUT2D eigenvalue weighted by molar-refractivity contribution is -0.137. The smallest absolute Gasteiger partial charge is 0.416 e. The van der Waals surface area contributed by atoms with Crippen LogP contribution in [0.3, 0.4) is 0 Å². The monoisotopic (exact) mass is 422 g/mol. The van der Waals surface area contributed by atoms with Gasteiger partial charge in [0.25, 0.3) is 0 Å². The highest BCUT2D eigenvalue weighted by Gasteiger charge is 2.29. The van der Waals surface area contributed by atoms with Crippen LogP contribution in [0, 0.1) is 0 Å². The van der Waals surface area contributed by atoms with Crippen LogP contribution < -0.4 is 4.74 Å². The molecule has 144 valence electrons. The topological polar surface area (TPSA) is 51.5 Å². The number of nitrogens with zero attached hydrogens (tertiary/aromatic N) is 2. The number of carbonyl (C=O) groups is 1. The minimum Gasteiger partial charge on any atom is -0.489 e. The van der Waals surface area contributed by atoms with Crippen LogP contribution in [0.25, 0.3) is 10.2 Å². The van der Waals surface area contributed by atoms with Crippen LogP contribution >= 0.6 is 23.1 Å². The summed E-state index contributed by atoms with van der Waals surface area (Å²) in [6.07, 6.45) is -3.51. The third-order valence-electron chi connectivity index (χ3n) is 4.06. The van der Waals surface area contributed by atoms with E-state index in [2.05, 4.69) is 9.98 Å². The second-order valence-electron chi connectivity index (χ2n) is 6.08. The first kappa shape index (κ1) is 18.9. The Balaban J connectivity index is 1.47. The number of thioether (sulfide) groups is 1. The second-order valence-corrected chi connectivity index (χ2v) is 8.12. The van der Waals surface area contributed by atoms with Crippen molar-refractivity contribution in [2.24, 2.45) is 4.99 Å². The predicted octanol–water partition coefficient (Wildman–Crippen LogP) is 4.96. The zero-order chi connectivity index (χ0) is 19.7. The van der Waals surface area contributed by atoms with Crippen molar-refractivity contribution in [2.45, 2.75) is 18.8 Å². The van der Waals surface area contributed by atoms with Crippen molar-refractivity contribution in [2.75, 3.05) is 5.75 Å². The Kier molecular flexibility index (Phi) is 5.11. The summed E-state index contributed by atoms with van der Waals surface area (Å²) in [5, 5.41) is 1.54. The van der Waals surface area contributed by atoms with E-state index in [1.54, 1.807) is 6.07 Å². The van der Waals surface area contributed by atoms with E-state index in [0.717, 1.165) is 38.7 Å². The van der Waals surface area contributed by atoms with Gasteiger partial charge in [-0.2, -0.15) is 13.2 Å². The number of thiazole rings is 1. The van der Waals surface area contributed by atoms with Crippen molar-refractivity contribution in [1.82, 2.24) is 4.98 Å². The van der Waals surface area contributed by atoms with Crippen LogP contribution in [0.1, 0.15) is 16.1 Å². The van der Waals surface area contributed by atoms with Gasteiger partial charge in [-0.1, -0.05) is 12.1 Å².